The number of aromatic nitrogens is 1. The van der Waals surface area contributed by atoms with Crippen LogP contribution in [0.1, 0.15) is 57.7 Å². The van der Waals surface area contributed by atoms with Gasteiger partial charge in [0.25, 0.3) is 0 Å². The van der Waals surface area contributed by atoms with Gasteiger partial charge in [-0.1, -0.05) is 29.8 Å². The zero-order valence-corrected chi connectivity index (χ0v) is 22.9. The molecule has 8 heteroatoms. The first-order chi connectivity index (χ1) is 17.1. The van der Waals surface area contributed by atoms with Crippen LogP contribution in [-0.4, -0.2) is 46.3 Å². The maximum Gasteiger partial charge on any atom is 0.314 e. The van der Waals surface area contributed by atoms with Crippen LogP contribution >= 0.6 is 23.4 Å². The number of esters is 1. The Hall–Kier alpha value is -2.09. The van der Waals surface area contributed by atoms with Crippen LogP contribution in [0, 0.1) is 11.7 Å². The van der Waals surface area contributed by atoms with Gasteiger partial charge in [0.2, 0.25) is 5.88 Å². The van der Waals surface area contributed by atoms with Crippen LogP contribution < -0.4 is 4.74 Å². The summed E-state index contributed by atoms with van der Waals surface area (Å²) in [5.41, 5.74) is 0.964. The van der Waals surface area contributed by atoms with Gasteiger partial charge in [0.1, 0.15) is 18.0 Å². The van der Waals surface area contributed by atoms with Crippen molar-refractivity contribution in [1.82, 2.24) is 9.88 Å². The van der Waals surface area contributed by atoms with Crippen molar-refractivity contribution in [3.05, 3.63) is 69.5 Å². The Labute approximate surface area is 222 Å². The van der Waals surface area contributed by atoms with Gasteiger partial charge in [-0.15, -0.1) is 11.8 Å². The van der Waals surface area contributed by atoms with Crippen LogP contribution in [0.2, 0.25) is 5.02 Å². The van der Waals surface area contributed by atoms with Crippen LogP contribution in [0.3, 0.4) is 0 Å². The van der Waals surface area contributed by atoms with Crippen molar-refractivity contribution in [1.29, 1.82) is 0 Å². The van der Waals surface area contributed by atoms with Crippen molar-refractivity contribution in [3.63, 3.8) is 0 Å². The van der Waals surface area contributed by atoms with Crippen LogP contribution in [0.5, 0.6) is 5.88 Å². The van der Waals surface area contributed by atoms with E-state index in [0.29, 0.717) is 22.4 Å². The molecule has 36 heavy (non-hydrogen) atoms. The van der Waals surface area contributed by atoms with Crippen molar-refractivity contribution in [2.75, 3.05) is 19.6 Å². The predicted molar refractivity (Wildman–Crippen MR) is 143 cm³/mol. The van der Waals surface area contributed by atoms with E-state index >= 15 is 0 Å². The third kappa shape index (κ3) is 7.24. The average Bonchev–Trinajstić information content (AvgIpc) is 3.18. The van der Waals surface area contributed by atoms with Crippen LogP contribution in [0.25, 0.3) is 0 Å². The molecule has 0 spiro atoms. The fourth-order valence-electron chi connectivity index (χ4n) is 4.65. The Morgan fingerprint density at radius 1 is 1.22 bits per heavy atom. The van der Waals surface area contributed by atoms with Gasteiger partial charge in [-0.3, -0.25) is 4.79 Å². The van der Waals surface area contributed by atoms with Gasteiger partial charge in [-0.05, 0) is 76.7 Å². The smallest absolute Gasteiger partial charge is 0.314 e. The molecule has 1 saturated heterocycles. The largest absolute Gasteiger partial charge is 0.473 e. The summed E-state index contributed by atoms with van der Waals surface area (Å²) in [7, 11) is 0. The van der Waals surface area contributed by atoms with Gasteiger partial charge in [0.15, 0.2) is 0 Å². The first-order valence-electron chi connectivity index (χ1n) is 12.4. The van der Waals surface area contributed by atoms with E-state index in [1.165, 1.54) is 11.0 Å². The minimum Gasteiger partial charge on any atom is -0.473 e. The van der Waals surface area contributed by atoms with E-state index < -0.39 is 5.60 Å². The van der Waals surface area contributed by atoms with Gasteiger partial charge in [-0.25, -0.2) is 9.37 Å². The zero-order chi connectivity index (χ0) is 25.9. The summed E-state index contributed by atoms with van der Waals surface area (Å²) in [6.07, 6.45) is 4.04. The van der Waals surface area contributed by atoms with Gasteiger partial charge in [0, 0.05) is 40.1 Å². The summed E-state index contributed by atoms with van der Waals surface area (Å²) in [5.74, 6) is 0.119. The number of halogens is 2. The van der Waals surface area contributed by atoms with E-state index in [9.17, 15) is 9.18 Å². The number of carbonyl (C=O) groups is 1. The molecule has 2 aliphatic heterocycles. The second-order valence-corrected chi connectivity index (χ2v) is 12.4. The van der Waals surface area contributed by atoms with Gasteiger partial charge in [0.05, 0.1) is 5.92 Å². The van der Waals surface area contributed by atoms with Gasteiger partial charge >= 0.3 is 5.97 Å². The molecule has 0 bridgehead atoms. The van der Waals surface area contributed by atoms with Gasteiger partial charge < -0.3 is 14.4 Å². The fourth-order valence-corrected chi connectivity index (χ4v) is 6.13. The lowest BCUT2D eigenvalue weighted by atomic mass is 9.92. The molecule has 2 aliphatic rings. The first kappa shape index (κ1) is 27.0. The summed E-state index contributed by atoms with van der Waals surface area (Å²) in [5, 5.41) is 0.542. The maximum absolute atomic E-state index is 14.0. The number of likely N-dealkylation sites (tertiary alicyclic amines) is 1. The molecular weight excluding hydrogens is 499 g/mol. The number of pyridine rings is 1. The lowest BCUT2D eigenvalue weighted by molar-refractivity contribution is -0.158. The Morgan fingerprint density at radius 2 is 1.97 bits per heavy atom. The molecule has 0 N–H and O–H groups in total. The lowest BCUT2D eigenvalue weighted by Crippen LogP contribution is -2.41. The molecule has 1 aromatic carbocycles. The van der Waals surface area contributed by atoms with Gasteiger partial charge in [-0.2, -0.15) is 0 Å². The third-order valence-electron chi connectivity index (χ3n) is 6.41. The molecule has 2 atom stereocenters. The molecule has 0 radical (unpaired) electrons. The molecule has 0 aliphatic carbocycles. The lowest BCUT2D eigenvalue weighted by Gasteiger charge is -2.34. The molecule has 2 unspecified atom stereocenters. The van der Waals surface area contributed by atoms with Crippen molar-refractivity contribution < 1.29 is 18.7 Å². The normalized spacial score (nSPS) is 21.3. The number of hydrogen-bond donors (Lipinski definition) is 0. The van der Waals surface area contributed by atoms with Crippen LogP contribution in [0.15, 0.2) is 47.4 Å². The molecule has 1 fully saturated rings. The second-order valence-electron chi connectivity index (χ2n) is 10.5. The minimum absolute atomic E-state index is 0.100. The molecule has 1 aromatic heterocycles. The number of carbonyl (C=O) groups excluding carboxylic acids is 1. The quantitative estimate of drug-likeness (QED) is 0.374. The summed E-state index contributed by atoms with van der Waals surface area (Å²) in [6, 6.07) is 10.3. The highest BCUT2D eigenvalue weighted by Crippen LogP contribution is 2.39. The van der Waals surface area contributed by atoms with E-state index in [1.807, 2.05) is 32.9 Å². The Morgan fingerprint density at radius 3 is 2.67 bits per heavy atom. The molecule has 4 rings (SSSR count). The molecular formula is C28H34ClFN2O3S. The van der Waals surface area contributed by atoms with Crippen LogP contribution in [-0.2, 0) is 16.1 Å². The predicted octanol–water partition coefficient (Wildman–Crippen LogP) is 6.61. The van der Waals surface area contributed by atoms with Crippen molar-refractivity contribution >= 4 is 29.3 Å². The van der Waals surface area contributed by atoms with Crippen molar-refractivity contribution in [2.45, 2.75) is 63.9 Å². The standard InChI is InChI=1S/C28H34ClFN2O3S/c1-18-14-22(27(33)35-28(2,3)4)25(36-18)16-32-12-10-19(11-13-32)24-6-5-7-26(31-24)34-17-20-8-9-21(29)15-23(20)30/h5-9,14-15,19,22,25H,10-13,16-17H2,1-4H3. The number of nitrogens with zero attached hydrogens (tertiary/aromatic N) is 2. The van der Waals surface area contributed by atoms with E-state index in [4.69, 9.17) is 26.1 Å². The molecule has 194 valence electrons. The second kappa shape index (κ2) is 11.5. The number of thioether (sulfide) groups is 1. The van der Waals surface area contributed by atoms with E-state index in [2.05, 4.69) is 17.9 Å². The summed E-state index contributed by atoms with van der Waals surface area (Å²) in [4.78, 5) is 21.1. The van der Waals surface area contributed by atoms with E-state index in [0.717, 1.165) is 38.2 Å². The average molecular weight is 533 g/mol. The Kier molecular flexibility index (Phi) is 8.63. The molecule has 2 aromatic rings. The molecule has 0 amide bonds. The number of benzene rings is 1. The van der Waals surface area contributed by atoms with Crippen LogP contribution in [0.4, 0.5) is 4.39 Å². The number of piperidine rings is 1. The van der Waals surface area contributed by atoms with E-state index in [1.54, 1.807) is 30.0 Å². The molecule has 0 saturated carbocycles. The van der Waals surface area contributed by atoms with E-state index in [-0.39, 0.29) is 29.6 Å². The summed E-state index contributed by atoms with van der Waals surface area (Å²) >= 11 is 7.61. The topological polar surface area (TPSA) is 51.7 Å². The van der Waals surface area contributed by atoms with Crippen molar-refractivity contribution in [3.8, 4) is 5.88 Å². The number of rotatable bonds is 7. The summed E-state index contributed by atoms with van der Waals surface area (Å²) < 4.78 is 25.5. The number of allylic oxidation sites excluding steroid dienone is 1. The summed E-state index contributed by atoms with van der Waals surface area (Å²) in [6.45, 7) is 10.7. The highest BCUT2D eigenvalue weighted by Gasteiger charge is 2.37. The molecule has 3 heterocycles. The monoisotopic (exact) mass is 532 g/mol. The third-order valence-corrected chi connectivity index (χ3v) is 7.90. The fraction of sp³-hybridized carbons (Fsp3) is 0.500. The number of hydrogen-bond acceptors (Lipinski definition) is 6. The SMILES string of the molecule is CC1=CC(C(=O)OC(C)(C)C)C(CN2CCC(c3cccc(OCc4ccc(Cl)cc4F)n3)CC2)S1. The Balaban J connectivity index is 1.30. The highest BCUT2D eigenvalue weighted by atomic mass is 35.5. The van der Waals surface area contributed by atoms with Crippen molar-refractivity contribution in [2.24, 2.45) is 5.92 Å². The molecule has 5 nitrogen and oxygen atoms in total. The highest BCUT2D eigenvalue weighted by molar-refractivity contribution is 8.04. The minimum atomic E-state index is -0.483. The Bertz CT molecular complexity index is 1110. The zero-order valence-electron chi connectivity index (χ0n) is 21.3. The first-order valence-corrected chi connectivity index (χ1v) is 13.7. The maximum atomic E-state index is 14.0. The number of ether oxygens (including phenoxy) is 2.